The lowest BCUT2D eigenvalue weighted by Crippen LogP contribution is -2.41. The molecule has 0 bridgehead atoms. The zero-order valence-electron chi connectivity index (χ0n) is 11.6. The molecule has 1 aromatic carbocycles. The van der Waals surface area contributed by atoms with E-state index in [4.69, 9.17) is 9.31 Å². The van der Waals surface area contributed by atoms with Crippen molar-refractivity contribution in [3.8, 4) is 6.07 Å². The third-order valence-electron chi connectivity index (χ3n) is 3.88. The van der Waals surface area contributed by atoms with E-state index in [-0.39, 0.29) is 0 Å². The van der Waals surface area contributed by atoms with Gasteiger partial charge in [-0.25, -0.2) is 0 Å². The van der Waals surface area contributed by atoms with Gasteiger partial charge in [-0.15, -0.1) is 0 Å². The molecule has 98 valence electrons. The number of aldehydes is 1. The van der Waals surface area contributed by atoms with Crippen molar-refractivity contribution in [2.24, 2.45) is 0 Å². The molecule has 0 unspecified atom stereocenters. The second-order valence-corrected chi connectivity index (χ2v) is 5.63. The average Bonchev–Trinajstić information content (AvgIpc) is 2.57. The van der Waals surface area contributed by atoms with Crippen LogP contribution in [0.5, 0.6) is 0 Å². The Balaban J connectivity index is 2.51. The van der Waals surface area contributed by atoms with Crippen LogP contribution in [0.2, 0.25) is 0 Å². The minimum Gasteiger partial charge on any atom is -0.399 e. The molecule has 2 rings (SSSR count). The topological polar surface area (TPSA) is 59.3 Å². The molecule has 4 nitrogen and oxygen atoms in total. The van der Waals surface area contributed by atoms with Gasteiger partial charge in [-0.05, 0) is 33.8 Å². The maximum Gasteiger partial charge on any atom is 0.496 e. The van der Waals surface area contributed by atoms with Gasteiger partial charge in [0.15, 0.2) is 0 Å². The summed E-state index contributed by atoms with van der Waals surface area (Å²) in [6, 6.07) is 7.08. The fourth-order valence-corrected chi connectivity index (χ4v) is 2.01. The highest BCUT2D eigenvalue weighted by Crippen LogP contribution is 2.36. The van der Waals surface area contributed by atoms with Crippen LogP contribution in [0.1, 0.15) is 43.6 Å². The van der Waals surface area contributed by atoms with Crippen LogP contribution < -0.4 is 5.46 Å². The molecule has 0 aromatic heterocycles. The first-order valence-corrected chi connectivity index (χ1v) is 6.16. The van der Waals surface area contributed by atoms with E-state index in [9.17, 15) is 10.1 Å². The van der Waals surface area contributed by atoms with Crippen molar-refractivity contribution < 1.29 is 14.1 Å². The molecule has 0 aliphatic carbocycles. The van der Waals surface area contributed by atoms with Gasteiger partial charge in [0.1, 0.15) is 6.29 Å². The van der Waals surface area contributed by atoms with E-state index in [1.165, 1.54) is 0 Å². The van der Waals surface area contributed by atoms with Gasteiger partial charge in [0.2, 0.25) is 0 Å². The number of nitrogens with zero attached hydrogens (tertiary/aromatic N) is 1. The number of hydrogen-bond acceptors (Lipinski definition) is 4. The molecule has 5 heteroatoms. The molecule has 19 heavy (non-hydrogen) atoms. The van der Waals surface area contributed by atoms with Crippen molar-refractivity contribution in [2.45, 2.75) is 38.9 Å². The number of nitriles is 1. The van der Waals surface area contributed by atoms with Gasteiger partial charge in [-0.3, -0.25) is 4.79 Å². The molecule has 1 aromatic rings. The molecule has 1 heterocycles. The van der Waals surface area contributed by atoms with Gasteiger partial charge < -0.3 is 9.31 Å². The largest absolute Gasteiger partial charge is 0.496 e. The van der Waals surface area contributed by atoms with Crippen LogP contribution >= 0.6 is 0 Å². The SMILES string of the molecule is CC1(C)OB(c2c(C#N)cccc2C=O)OC1(C)C. The van der Waals surface area contributed by atoms with Gasteiger partial charge in [0.25, 0.3) is 0 Å². The summed E-state index contributed by atoms with van der Waals surface area (Å²) in [4.78, 5) is 11.2. The van der Waals surface area contributed by atoms with E-state index in [0.717, 1.165) is 6.29 Å². The Morgan fingerprint density at radius 1 is 1.21 bits per heavy atom. The zero-order valence-corrected chi connectivity index (χ0v) is 11.6. The van der Waals surface area contributed by atoms with Crippen molar-refractivity contribution in [1.82, 2.24) is 0 Å². The van der Waals surface area contributed by atoms with Crippen LogP contribution in [0, 0.1) is 11.3 Å². The quantitative estimate of drug-likeness (QED) is 0.597. The summed E-state index contributed by atoms with van der Waals surface area (Å²) in [6.07, 6.45) is 0.723. The molecule has 0 radical (unpaired) electrons. The maximum atomic E-state index is 11.2. The summed E-state index contributed by atoms with van der Waals surface area (Å²) in [5.41, 5.74) is 0.347. The molecule has 0 N–H and O–H groups in total. The van der Waals surface area contributed by atoms with Crippen LogP contribution in [0.15, 0.2) is 18.2 Å². The molecule has 1 saturated heterocycles. The third kappa shape index (κ3) is 2.18. The van der Waals surface area contributed by atoms with Crippen molar-refractivity contribution >= 4 is 18.9 Å². The number of benzene rings is 1. The molecule has 1 fully saturated rings. The first-order chi connectivity index (χ1) is 8.82. The van der Waals surface area contributed by atoms with Crippen LogP contribution in [0.25, 0.3) is 0 Å². The molecular formula is C14H16BNO3. The molecule has 0 amide bonds. The number of rotatable bonds is 2. The summed E-state index contributed by atoms with van der Waals surface area (Å²) in [5.74, 6) is 0. The predicted molar refractivity (Wildman–Crippen MR) is 72.3 cm³/mol. The van der Waals surface area contributed by atoms with Crippen LogP contribution in [0.4, 0.5) is 0 Å². The van der Waals surface area contributed by atoms with Crippen LogP contribution in [-0.2, 0) is 9.31 Å². The van der Waals surface area contributed by atoms with Crippen molar-refractivity contribution in [2.75, 3.05) is 0 Å². The highest BCUT2D eigenvalue weighted by Gasteiger charge is 2.52. The standard InChI is InChI=1S/C14H16BNO3/c1-13(2)14(3,4)19-15(18-13)12-10(8-16)6-5-7-11(12)9-17/h5-7,9H,1-4H3. The summed E-state index contributed by atoms with van der Waals surface area (Å²) in [7, 11) is -0.693. The Labute approximate surface area is 113 Å². The Morgan fingerprint density at radius 2 is 1.79 bits per heavy atom. The molecule has 1 aliphatic heterocycles. The molecule has 0 saturated carbocycles. The first-order valence-electron chi connectivity index (χ1n) is 6.16. The maximum absolute atomic E-state index is 11.2. The van der Waals surface area contributed by atoms with E-state index >= 15 is 0 Å². The van der Waals surface area contributed by atoms with E-state index in [1.807, 2.05) is 27.7 Å². The lowest BCUT2D eigenvalue weighted by molar-refractivity contribution is 0.00578. The first kappa shape index (κ1) is 13.8. The molecule has 0 atom stereocenters. The normalized spacial score (nSPS) is 20.1. The molecule has 0 spiro atoms. The molecular weight excluding hydrogens is 241 g/mol. The number of carbonyl (C=O) groups excluding carboxylic acids is 1. The van der Waals surface area contributed by atoms with E-state index in [0.29, 0.717) is 16.6 Å². The van der Waals surface area contributed by atoms with Gasteiger partial charge in [0.05, 0.1) is 22.8 Å². The minimum absolute atomic E-state index is 0.406. The fraction of sp³-hybridized carbons (Fsp3) is 0.429. The summed E-state index contributed by atoms with van der Waals surface area (Å²) in [5, 5.41) is 9.18. The fourth-order valence-electron chi connectivity index (χ4n) is 2.01. The number of carbonyl (C=O) groups is 1. The molecule has 1 aliphatic rings. The third-order valence-corrected chi connectivity index (χ3v) is 3.88. The van der Waals surface area contributed by atoms with Crippen LogP contribution in [-0.4, -0.2) is 24.6 Å². The highest BCUT2D eigenvalue weighted by molar-refractivity contribution is 6.64. The average molecular weight is 257 g/mol. The number of hydrogen-bond donors (Lipinski definition) is 0. The van der Waals surface area contributed by atoms with Crippen molar-refractivity contribution in [1.29, 1.82) is 5.26 Å². The van der Waals surface area contributed by atoms with E-state index in [1.54, 1.807) is 18.2 Å². The minimum atomic E-state index is -0.693. The van der Waals surface area contributed by atoms with Gasteiger partial charge in [0, 0.05) is 11.0 Å². The Morgan fingerprint density at radius 3 is 2.26 bits per heavy atom. The summed E-state index contributed by atoms with van der Waals surface area (Å²) < 4.78 is 11.8. The second-order valence-electron chi connectivity index (χ2n) is 5.63. The summed E-state index contributed by atoms with van der Waals surface area (Å²) >= 11 is 0. The van der Waals surface area contributed by atoms with Crippen LogP contribution in [0.3, 0.4) is 0 Å². The highest BCUT2D eigenvalue weighted by atomic mass is 16.7. The smallest absolute Gasteiger partial charge is 0.399 e. The zero-order chi connectivity index (χ0) is 14.3. The predicted octanol–water partition coefficient (Wildman–Crippen LogP) is 1.67. The van der Waals surface area contributed by atoms with Gasteiger partial charge in [-0.1, -0.05) is 12.1 Å². The van der Waals surface area contributed by atoms with Crippen molar-refractivity contribution in [3.63, 3.8) is 0 Å². The lowest BCUT2D eigenvalue weighted by atomic mass is 9.73. The monoisotopic (exact) mass is 257 g/mol. The lowest BCUT2D eigenvalue weighted by Gasteiger charge is -2.32. The van der Waals surface area contributed by atoms with E-state index in [2.05, 4.69) is 6.07 Å². The Kier molecular flexibility index (Phi) is 3.25. The van der Waals surface area contributed by atoms with Gasteiger partial charge >= 0.3 is 7.12 Å². The van der Waals surface area contributed by atoms with E-state index < -0.39 is 18.3 Å². The second kappa shape index (κ2) is 4.48. The Hall–Kier alpha value is -1.64. The summed E-state index contributed by atoms with van der Waals surface area (Å²) in [6.45, 7) is 7.73. The Bertz CT molecular complexity index is 544. The van der Waals surface area contributed by atoms with Crippen molar-refractivity contribution in [3.05, 3.63) is 29.3 Å². The van der Waals surface area contributed by atoms with Gasteiger partial charge in [-0.2, -0.15) is 5.26 Å².